The Morgan fingerprint density at radius 1 is 0.279 bits per heavy atom. The summed E-state index contributed by atoms with van der Waals surface area (Å²) in [5.74, 6) is 0.695. The lowest BCUT2D eigenvalue weighted by atomic mass is 9.81. The van der Waals surface area contributed by atoms with Crippen molar-refractivity contribution in [3.8, 4) is 89.5 Å². The molecule has 0 radical (unpaired) electrons. The fourth-order valence-corrected chi connectivity index (χ4v) is 9.40. The molecule has 10 aromatic rings. The van der Waals surface area contributed by atoms with E-state index in [1.54, 1.807) is 0 Å². The zero-order valence-corrected chi connectivity index (χ0v) is 34.2. The Hall–Kier alpha value is -7.68. The van der Waals surface area contributed by atoms with Gasteiger partial charge in [0.15, 0.2) is 5.82 Å². The minimum Gasteiger partial charge on any atom is -0.228 e. The summed E-state index contributed by atoms with van der Waals surface area (Å²) in [7, 11) is 0. The number of aromatic nitrogens is 2. The first-order valence-corrected chi connectivity index (χ1v) is 21.1. The van der Waals surface area contributed by atoms with E-state index in [4.69, 9.17) is 9.97 Å². The molecule has 2 heteroatoms. The highest BCUT2D eigenvalue weighted by atomic mass is 14.9. The van der Waals surface area contributed by atoms with E-state index in [0.29, 0.717) is 5.82 Å². The predicted molar refractivity (Wildman–Crippen MR) is 255 cm³/mol. The van der Waals surface area contributed by atoms with Crippen molar-refractivity contribution in [3.05, 3.63) is 230 Å². The van der Waals surface area contributed by atoms with Crippen LogP contribution in [0.2, 0.25) is 0 Å². The molecule has 1 aliphatic carbocycles. The third-order valence-electron chi connectivity index (χ3n) is 12.5. The molecule has 61 heavy (non-hydrogen) atoms. The zero-order chi connectivity index (χ0) is 40.9. The first-order valence-electron chi connectivity index (χ1n) is 21.1. The highest BCUT2D eigenvalue weighted by Crippen LogP contribution is 2.50. The molecule has 0 saturated carbocycles. The fourth-order valence-electron chi connectivity index (χ4n) is 9.40. The molecule has 11 rings (SSSR count). The summed E-state index contributed by atoms with van der Waals surface area (Å²) in [6, 6.07) is 78.5. The minimum absolute atomic E-state index is 0.0540. The van der Waals surface area contributed by atoms with Crippen molar-refractivity contribution in [2.24, 2.45) is 0 Å². The van der Waals surface area contributed by atoms with Crippen molar-refractivity contribution in [2.75, 3.05) is 0 Å². The minimum atomic E-state index is -0.0540. The van der Waals surface area contributed by atoms with Crippen LogP contribution >= 0.6 is 0 Å². The maximum Gasteiger partial charge on any atom is 0.160 e. The van der Waals surface area contributed by atoms with Crippen LogP contribution in [-0.2, 0) is 5.41 Å². The smallest absolute Gasteiger partial charge is 0.160 e. The van der Waals surface area contributed by atoms with Gasteiger partial charge in [-0.2, -0.15) is 0 Å². The van der Waals surface area contributed by atoms with E-state index in [9.17, 15) is 0 Å². The van der Waals surface area contributed by atoms with E-state index in [1.165, 1.54) is 55.5 Å². The number of fused-ring (bicyclic) bond motifs is 4. The van der Waals surface area contributed by atoms with Crippen LogP contribution in [0.25, 0.3) is 100 Å². The topological polar surface area (TPSA) is 25.8 Å². The fraction of sp³-hybridized carbons (Fsp3) is 0.0508. The molecular formula is C59H42N2. The van der Waals surface area contributed by atoms with Crippen molar-refractivity contribution < 1.29 is 0 Å². The van der Waals surface area contributed by atoms with Gasteiger partial charge in [-0.15, -0.1) is 0 Å². The quantitative estimate of drug-likeness (QED) is 0.161. The van der Waals surface area contributed by atoms with E-state index in [-0.39, 0.29) is 5.41 Å². The average molecular weight is 779 g/mol. The van der Waals surface area contributed by atoms with Gasteiger partial charge in [-0.3, -0.25) is 0 Å². The van der Waals surface area contributed by atoms with Crippen LogP contribution in [-0.4, -0.2) is 9.97 Å². The lowest BCUT2D eigenvalue weighted by molar-refractivity contribution is 0.660. The highest BCUT2D eigenvalue weighted by molar-refractivity contribution is 6.05. The summed E-state index contributed by atoms with van der Waals surface area (Å²) in [6.45, 7) is 4.69. The van der Waals surface area contributed by atoms with Gasteiger partial charge in [-0.25, -0.2) is 9.97 Å². The van der Waals surface area contributed by atoms with Crippen molar-refractivity contribution >= 4 is 10.8 Å². The van der Waals surface area contributed by atoms with Crippen molar-refractivity contribution in [2.45, 2.75) is 19.3 Å². The molecular weight excluding hydrogens is 737 g/mol. The Kier molecular flexibility index (Phi) is 8.86. The normalized spacial score (nSPS) is 12.6. The molecule has 0 saturated heterocycles. The number of benzene rings is 9. The lowest BCUT2D eigenvalue weighted by Gasteiger charge is -2.22. The Morgan fingerprint density at radius 2 is 0.770 bits per heavy atom. The highest BCUT2D eigenvalue weighted by Gasteiger charge is 2.35. The molecule has 0 fully saturated rings. The Morgan fingerprint density at radius 3 is 1.51 bits per heavy atom. The zero-order valence-electron chi connectivity index (χ0n) is 34.2. The Labute approximate surface area is 357 Å². The summed E-state index contributed by atoms with van der Waals surface area (Å²) in [6.07, 6.45) is 0. The molecule has 288 valence electrons. The molecule has 1 aliphatic rings. The van der Waals surface area contributed by atoms with E-state index in [0.717, 1.165) is 50.2 Å². The summed E-state index contributed by atoms with van der Waals surface area (Å²) in [5, 5.41) is 2.33. The number of hydrogen-bond donors (Lipinski definition) is 0. The second kappa shape index (κ2) is 14.9. The average Bonchev–Trinajstić information content (AvgIpc) is 3.56. The third-order valence-corrected chi connectivity index (χ3v) is 12.5. The Balaban J connectivity index is 1.04. The van der Waals surface area contributed by atoms with Crippen LogP contribution in [0.1, 0.15) is 25.0 Å². The molecule has 0 aliphatic heterocycles. The summed E-state index contributed by atoms with van der Waals surface area (Å²) in [5.41, 5.74) is 19.7. The van der Waals surface area contributed by atoms with Crippen LogP contribution in [0.15, 0.2) is 218 Å². The van der Waals surface area contributed by atoms with Gasteiger partial charge in [0, 0.05) is 22.1 Å². The van der Waals surface area contributed by atoms with E-state index in [2.05, 4.69) is 226 Å². The molecule has 9 aromatic carbocycles. The number of rotatable bonds is 7. The number of hydrogen-bond acceptors (Lipinski definition) is 2. The van der Waals surface area contributed by atoms with Crippen LogP contribution in [0.3, 0.4) is 0 Å². The molecule has 0 N–H and O–H groups in total. The van der Waals surface area contributed by atoms with E-state index in [1.807, 2.05) is 6.07 Å². The van der Waals surface area contributed by atoms with Gasteiger partial charge >= 0.3 is 0 Å². The standard InChI is InChI=1S/C59H42N2/c1-59(2)54-28-15-14-27-49(54)50-31-29-44(37-55(50)59)42-23-16-24-45(35-42)46-33-34-51(48-26-13-12-25-47(46)48)56-38-57(61-58(60-56)41-21-10-5-11-22-41)52-32-30-43(39-17-6-3-7-18-39)36-53(52)40-19-8-4-9-20-40/h3-38H,1-2H3. The molecule has 2 nitrogen and oxygen atoms in total. The van der Waals surface area contributed by atoms with Gasteiger partial charge < -0.3 is 0 Å². The van der Waals surface area contributed by atoms with Gasteiger partial charge in [0.05, 0.1) is 11.4 Å². The van der Waals surface area contributed by atoms with Gasteiger partial charge in [0.1, 0.15) is 0 Å². The summed E-state index contributed by atoms with van der Waals surface area (Å²) < 4.78 is 0. The van der Waals surface area contributed by atoms with Crippen molar-refractivity contribution in [3.63, 3.8) is 0 Å². The van der Waals surface area contributed by atoms with Gasteiger partial charge in [0.2, 0.25) is 0 Å². The number of nitrogens with zero attached hydrogens (tertiary/aromatic N) is 2. The monoisotopic (exact) mass is 778 g/mol. The second-order valence-electron chi connectivity index (χ2n) is 16.5. The molecule has 0 atom stereocenters. The van der Waals surface area contributed by atoms with Crippen LogP contribution in [0, 0.1) is 0 Å². The molecule has 1 aromatic heterocycles. The SMILES string of the molecule is CC1(C)c2ccccc2-c2ccc(-c3cccc(-c4ccc(-c5cc(-c6ccc(-c7ccccc7)cc6-c6ccccc6)nc(-c6ccccc6)n5)c5ccccc45)c3)cc21. The van der Waals surface area contributed by atoms with E-state index >= 15 is 0 Å². The molecule has 0 bridgehead atoms. The molecule has 0 unspecified atom stereocenters. The van der Waals surface area contributed by atoms with Gasteiger partial charge in [-0.1, -0.05) is 208 Å². The van der Waals surface area contributed by atoms with Crippen molar-refractivity contribution in [1.82, 2.24) is 9.97 Å². The maximum absolute atomic E-state index is 5.32. The predicted octanol–water partition coefficient (Wildman–Crippen LogP) is 15.6. The first kappa shape index (κ1) is 36.4. The van der Waals surface area contributed by atoms with Crippen LogP contribution in [0.5, 0.6) is 0 Å². The van der Waals surface area contributed by atoms with Crippen LogP contribution in [0.4, 0.5) is 0 Å². The third kappa shape index (κ3) is 6.45. The van der Waals surface area contributed by atoms with E-state index < -0.39 is 0 Å². The largest absolute Gasteiger partial charge is 0.228 e. The van der Waals surface area contributed by atoms with Gasteiger partial charge in [0.25, 0.3) is 0 Å². The van der Waals surface area contributed by atoms with Crippen molar-refractivity contribution in [1.29, 1.82) is 0 Å². The lowest BCUT2D eigenvalue weighted by Crippen LogP contribution is -2.14. The Bertz CT molecular complexity index is 3260. The summed E-state index contributed by atoms with van der Waals surface area (Å²) in [4.78, 5) is 10.6. The molecule has 0 spiro atoms. The summed E-state index contributed by atoms with van der Waals surface area (Å²) >= 11 is 0. The second-order valence-corrected chi connectivity index (χ2v) is 16.5. The van der Waals surface area contributed by atoms with Gasteiger partial charge in [-0.05, 0) is 102 Å². The van der Waals surface area contributed by atoms with Crippen LogP contribution < -0.4 is 0 Å². The molecule has 1 heterocycles. The maximum atomic E-state index is 5.32. The first-order chi connectivity index (χ1) is 30.0. The molecule has 0 amide bonds.